The Hall–Kier alpha value is -1.25. The lowest BCUT2D eigenvalue weighted by Gasteiger charge is -2.13. The number of carbonyl (C=O) groups is 1. The van der Waals surface area contributed by atoms with E-state index in [-0.39, 0.29) is 12.0 Å². The van der Waals surface area contributed by atoms with Crippen molar-refractivity contribution in [1.29, 1.82) is 0 Å². The van der Waals surface area contributed by atoms with E-state index in [1.54, 1.807) is 7.05 Å². The Morgan fingerprint density at radius 2 is 2.21 bits per heavy atom. The minimum absolute atomic E-state index is 0.0784. The Bertz CT molecular complexity index is 302. The minimum Gasteiger partial charge on any atom is -0.494 e. The maximum atomic E-state index is 11.6. The molecule has 3 nitrogen and oxygen atoms in total. The second-order valence-corrected chi connectivity index (χ2v) is 3.56. The molecule has 1 N–H and O–H groups in total. The molecule has 3 heteroatoms. The summed E-state index contributed by atoms with van der Waals surface area (Å²) in [6, 6.07) is 0. The third kappa shape index (κ3) is 2.16. The maximum absolute atomic E-state index is 11.6. The largest absolute Gasteiger partial charge is 0.494 e. The van der Waals surface area contributed by atoms with Gasteiger partial charge in [0.1, 0.15) is 5.76 Å². The molecule has 0 radical (unpaired) electrons. The van der Waals surface area contributed by atoms with Gasteiger partial charge in [-0.3, -0.25) is 4.79 Å². The zero-order valence-corrected chi connectivity index (χ0v) is 9.18. The zero-order chi connectivity index (χ0) is 10.7. The van der Waals surface area contributed by atoms with Gasteiger partial charge in [0.15, 0.2) is 0 Å². The van der Waals surface area contributed by atoms with Crippen molar-refractivity contribution in [3.63, 3.8) is 0 Å². The van der Waals surface area contributed by atoms with Gasteiger partial charge < -0.3 is 10.1 Å². The maximum Gasteiger partial charge on any atom is 0.254 e. The van der Waals surface area contributed by atoms with Crippen molar-refractivity contribution in [3.8, 4) is 0 Å². The molecule has 0 aliphatic carbocycles. The molecular formula is C11H17NO2. The van der Waals surface area contributed by atoms with Crippen molar-refractivity contribution >= 4 is 5.91 Å². The second kappa shape index (κ2) is 4.31. The monoisotopic (exact) mass is 195 g/mol. The highest BCUT2D eigenvalue weighted by atomic mass is 16.5. The van der Waals surface area contributed by atoms with Crippen molar-refractivity contribution in [2.24, 2.45) is 0 Å². The van der Waals surface area contributed by atoms with Crippen LogP contribution in [0, 0.1) is 0 Å². The molecular weight excluding hydrogens is 178 g/mol. The average Bonchev–Trinajstić information content (AvgIpc) is 2.25. The van der Waals surface area contributed by atoms with Crippen LogP contribution in [-0.2, 0) is 9.53 Å². The van der Waals surface area contributed by atoms with Gasteiger partial charge in [0, 0.05) is 13.5 Å². The van der Waals surface area contributed by atoms with Gasteiger partial charge in [0.2, 0.25) is 0 Å². The molecule has 1 rings (SSSR count). The molecule has 1 aliphatic heterocycles. The predicted molar refractivity (Wildman–Crippen MR) is 55.7 cm³/mol. The van der Waals surface area contributed by atoms with Crippen LogP contribution >= 0.6 is 0 Å². The number of hydrogen-bond acceptors (Lipinski definition) is 2. The molecule has 0 spiro atoms. The highest BCUT2D eigenvalue weighted by molar-refractivity contribution is 5.97. The van der Waals surface area contributed by atoms with Gasteiger partial charge in [0.05, 0.1) is 11.7 Å². The summed E-state index contributed by atoms with van der Waals surface area (Å²) < 4.78 is 5.58. The van der Waals surface area contributed by atoms with Crippen molar-refractivity contribution in [2.75, 3.05) is 7.05 Å². The number of allylic oxidation sites excluding steroid dienone is 1. The number of ether oxygens (including phenoxy) is 1. The Morgan fingerprint density at radius 3 is 2.79 bits per heavy atom. The van der Waals surface area contributed by atoms with Gasteiger partial charge in [-0.1, -0.05) is 6.08 Å². The molecule has 14 heavy (non-hydrogen) atoms. The smallest absolute Gasteiger partial charge is 0.254 e. The number of rotatable bonds is 1. The molecule has 0 saturated heterocycles. The quantitative estimate of drug-likeness (QED) is 0.692. The van der Waals surface area contributed by atoms with Crippen LogP contribution in [0.2, 0.25) is 0 Å². The summed E-state index contributed by atoms with van der Waals surface area (Å²) >= 11 is 0. The molecule has 0 fully saturated rings. The van der Waals surface area contributed by atoms with Gasteiger partial charge in [-0.2, -0.15) is 0 Å². The fourth-order valence-corrected chi connectivity index (χ4v) is 1.60. The SMILES string of the molecule is CNC(=O)C1=C(C)OC(C)CC=C1C. The van der Waals surface area contributed by atoms with E-state index in [2.05, 4.69) is 5.32 Å². The fourth-order valence-electron chi connectivity index (χ4n) is 1.60. The number of amides is 1. The number of likely N-dealkylation sites (N-methyl/N-ethyl adjacent to an activating group) is 1. The third-order valence-corrected chi connectivity index (χ3v) is 2.33. The van der Waals surface area contributed by atoms with Crippen LogP contribution in [0.3, 0.4) is 0 Å². The normalized spacial score (nSPS) is 22.3. The zero-order valence-electron chi connectivity index (χ0n) is 9.18. The lowest BCUT2D eigenvalue weighted by Crippen LogP contribution is -2.22. The van der Waals surface area contributed by atoms with Gasteiger partial charge in [-0.15, -0.1) is 0 Å². The van der Waals surface area contributed by atoms with Crippen molar-refractivity contribution in [1.82, 2.24) is 5.32 Å². The van der Waals surface area contributed by atoms with E-state index in [9.17, 15) is 4.79 Å². The first-order valence-electron chi connectivity index (χ1n) is 4.83. The molecule has 1 aliphatic rings. The van der Waals surface area contributed by atoms with Crippen molar-refractivity contribution in [2.45, 2.75) is 33.3 Å². The van der Waals surface area contributed by atoms with Crippen molar-refractivity contribution < 1.29 is 9.53 Å². The fraction of sp³-hybridized carbons (Fsp3) is 0.545. The molecule has 0 aromatic rings. The summed E-state index contributed by atoms with van der Waals surface area (Å²) in [7, 11) is 1.63. The summed E-state index contributed by atoms with van der Waals surface area (Å²) in [6.07, 6.45) is 3.04. The Balaban J connectivity index is 3.06. The molecule has 0 aromatic heterocycles. The summed E-state index contributed by atoms with van der Waals surface area (Å²) in [4.78, 5) is 11.6. The number of hydrogen-bond donors (Lipinski definition) is 1. The molecule has 1 unspecified atom stereocenters. The first kappa shape index (κ1) is 10.8. The molecule has 0 aromatic carbocycles. The van der Waals surface area contributed by atoms with Gasteiger partial charge >= 0.3 is 0 Å². The van der Waals surface area contributed by atoms with Crippen LogP contribution in [-0.4, -0.2) is 19.1 Å². The molecule has 0 saturated carbocycles. The first-order valence-corrected chi connectivity index (χ1v) is 4.83. The van der Waals surface area contributed by atoms with Crippen molar-refractivity contribution in [3.05, 3.63) is 23.0 Å². The van der Waals surface area contributed by atoms with E-state index in [1.165, 1.54) is 0 Å². The molecule has 1 heterocycles. The summed E-state index contributed by atoms with van der Waals surface area (Å²) in [5.74, 6) is 0.633. The summed E-state index contributed by atoms with van der Waals surface area (Å²) in [5.41, 5.74) is 1.66. The van der Waals surface area contributed by atoms with Crippen LogP contribution in [0.25, 0.3) is 0 Å². The van der Waals surface area contributed by atoms with Crippen LogP contribution in [0.5, 0.6) is 0 Å². The van der Waals surface area contributed by atoms with Crippen LogP contribution in [0.15, 0.2) is 23.0 Å². The molecule has 0 bridgehead atoms. The van der Waals surface area contributed by atoms with E-state index < -0.39 is 0 Å². The number of nitrogens with one attached hydrogen (secondary N) is 1. The first-order chi connectivity index (χ1) is 6.56. The molecule has 78 valence electrons. The standard InChI is InChI=1S/C11H17NO2/c1-7-5-6-8(2)14-9(3)10(7)11(13)12-4/h5,8H,6H2,1-4H3,(H,12,13). The lowest BCUT2D eigenvalue weighted by molar-refractivity contribution is -0.117. The van der Waals surface area contributed by atoms with E-state index in [0.29, 0.717) is 11.3 Å². The molecule has 1 atom stereocenters. The molecule has 1 amide bonds. The van der Waals surface area contributed by atoms with E-state index >= 15 is 0 Å². The van der Waals surface area contributed by atoms with E-state index in [4.69, 9.17) is 4.74 Å². The van der Waals surface area contributed by atoms with E-state index in [1.807, 2.05) is 26.8 Å². The summed E-state index contributed by atoms with van der Waals surface area (Å²) in [5, 5.41) is 2.62. The minimum atomic E-state index is -0.0784. The Labute approximate surface area is 84.8 Å². The van der Waals surface area contributed by atoms with Crippen LogP contribution in [0.4, 0.5) is 0 Å². The highest BCUT2D eigenvalue weighted by Crippen LogP contribution is 2.22. The summed E-state index contributed by atoms with van der Waals surface area (Å²) in [6.45, 7) is 5.78. The van der Waals surface area contributed by atoms with Gasteiger partial charge in [-0.25, -0.2) is 0 Å². The van der Waals surface area contributed by atoms with E-state index in [0.717, 1.165) is 12.0 Å². The average molecular weight is 195 g/mol. The Morgan fingerprint density at radius 1 is 1.57 bits per heavy atom. The van der Waals surface area contributed by atoms with Crippen LogP contribution < -0.4 is 5.32 Å². The number of carbonyl (C=O) groups excluding carboxylic acids is 1. The predicted octanol–water partition coefficient (Wildman–Crippen LogP) is 1.76. The van der Waals surface area contributed by atoms with Gasteiger partial charge in [0.25, 0.3) is 5.91 Å². The van der Waals surface area contributed by atoms with Crippen LogP contribution in [0.1, 0.15) is 27.2 Å². The second-order valence-electron chi connectivity index (χ2n) is 3.56. The van der Waals surface area contributed by atoms with Gasteiger partial charge in [-0.05, 0) is 26.3 Å². The highest BCUT2D eigenvalue weighted by Gasteiger charge is 2.18. The topological polar surface area (TPSA) is 38.3 Å². The lowest BCUT2D eigenvalue weighted by atomic mass is 10.1. The third-order valence-electron chi connectivity index (χ3n) is 2.33. The Kier molecular flexibility index (Phi) is 3.33.